The number of amides is 2. The van der Waals surface area contributed by atoms with Crippen molar-refractivity contribution < 1.29 is 19.1 Å². The van der Waals surface area contributed by atoms with Gasteiger partial charge in [0.2, 0.25) is 5.91 Å². The maximum absolute atomic E-state index is 14.1. The van der Waals surface area contributed by atoms with Crippen molar-refractivity contribution in [2.45, 2.75) is 65.1 Å². The maximum atomic E-state index is 14.1. The summed E-state index contributed by atoms with van der Waals surface area (Å²) in [5.74, 6) is -0.156. The molecule has 10 nitrogen and oxygen atoms in total. The van der Waals surface area contributed by atoms with Crippen molar-refractivity contribution in [3.8, 4) is 17.6 Å². The third-order valence-corrected chi connectivity index (χ3v) is 8.79. The van der Waals surface area contributed by atoms with Gasteiger partial charge in [0.15, 0.2) is 5.75 Å². The van der Waals surface area contributed by atoms with Crippen LogP contribution in [-0.4, -0.2) is 58.3 Å². The lowest BCUT2D eigenvalue weighted by molar-refractivity contribution is -0.153. The molecule has 5 rings (SSSR count). The van der Waals surface area contributed by atoms with E-state index in [-0.39, 0.29) is 37.0 Å². The molecule has 1 aliphatic carbocycles. The lowest BCUT2D eigenvalue weighted by Gasteiger charge is -2.48. The Balaban J connectivity index is 1.35. The molecule has 4 atom stereocenters. The van der Waals surface area contributed by atoms with Crippen LogP contribution >= 0.6 is 11.6 Å². The summed E-state index contributed by atoms with van der Waals surface area (Å²) >= 11 is 6.39. The van der Waals surface area contributed by atoms with Crippen LogP contribution in [0.1, 0.15) is 54.7 Å². The number of carbonyl (C=O) groups excluding carboxylic acids is 2. The maximum Gasteiger partial charge on any atom is 0.307 e. The number of nitrogens with one attached hydrogen (secondary N) is 2. The van der Waals surface area contributed by atoms with E-state index in [9.17, 15) is 19.6 Å². The molecule has 3 aliphatic rings. The van der Waals surface area contributed by atoms with Crippen LogP contribution < -0.4 is 15.6 Å². The number of rotatable bonds is 7. The van der Waals surface area contributed by atoms with Gasteiger partial charge in [-0.25, -0.2) is 5.10 Å². The minimum atomic E-state index is -0.853. The van der Waals surface area contributed by atoms with Crippen LogP contribution in [0.5, 0.6) is 11.5 Å². The molecule has 2 fully saturated rings. The van der Waals surface area contributed by atoms with E-state index in [4.69, 9.17) is 21.1 Å². The van der Waals surface area contributed by atoms with Crippen LogP contribution in [0.25, 0.3) is 0 Å². The third-order valence-electron chi connectivity index (χ3n) is 8.56. The van der Waals surface area contributed by atoms with Gasteiger partial charge in [-0.3, -0.25) is 14.4 Å². The van der Waals surface area contributed by atoms with Gasteiger partial charge in [-0.2, -0.15) is 10.4 Å². The highest BCUT2D eigenvalue weighted by molar-refractivity contribution is 6.31. The SMILES string of the molecule is Cc1cc(Oc2ccc(C(=O)N[C@H](C)C(=O)N3[C@H](C4(C)C=C(Cl)C=CC4)CC[C@@H]3C3(C#N)COC3)cc2C)c(=O)[nH]n1. The summed E-state index contributed by atoms with van der Waals surface area (Å²) in [6.45, 7) is 7.80. The monoisotopic (exact) mass is 591 g/mol. The number of halogens is 1. The molecule has 0 radical (unpaired) electrons. The Kier molecular flexibility index (Phi) is 8.01. The minimum Gasteiger partial charge on any atom is -0.451 e. The fraction of sp³-hybridized carbons (Fsp3) is 0.452. The topological polar surface area (TPSA) is 137 Å². The molecular weight excluding hydrogens is 558 g/mol. The fourth-order valence-corrected chi connectivity index (χ4v) is 6.53. The summed E-state index contributed by atoms with van der Waals surface area (Å²) in [7, 11) is 0. The first kappa shape index (κ1) is 29.5. The summed E-state index contributed by atoms with van der Waals surface area (Å²) in [6.07, 6.45) is 7.95. The van der Waals surface area contributed by atoms with Crippen molar-refractivity contribution in [2.24, 2.45) is 10.8 Å². The molecule has 1 aromatic heterocycles. The molecule has 0 bridgehead atoms. The average molecular weight is 592 g/mol. The van der Waals surface area contributed by atoms with Crippen molar-refractivity contribution in [1.29, 1.82) is 5.26 Å². The normalized spacial score (nSPS) is 25.1. The highest BCUT2D eigenvalue weighted by atomic mass is 35.5. The number of H-pyrrole nitrogens is 1. The van der Waals surface area contributed by atoms with E-state index in [1.165, 1.54) is 6.07 Å². The molecule has 42 heavy (non-hydrogen) atoms. The molecule has 1 unspecified atom stereocenters. The second-order valence-electron chi connectivity index (χ2n) is 11.7. The Labute approximate surface area is 249 Å². The summed E-state index contributed by atoms with van der Waals surface area (Å²) in [5.41, 5.74) is -0.0756. The number of likely N-dealkylation sites (tertiary alicyclic amines) is 1. The van der Waals surface area contributed by atoms with Gasteiger partial charge < -0.3 is 19.7 Å². The van der Waals surface area contributed by atoms with Crippen LogP contribution in [0.4, 0.5) is 0 Å². The Morgan fingerprint density at radius 3 is 2.62 bits per heavy atom. The average Bonchev–Trinajstić information content (AvgIpc) is 3.37. The van der Waals surface area contributed by atoms with E-state index in [1.54, 1.807) is 39.0 Å². The summed E-state index contributed by atoms with van der Waals surface area (Å²) in [6, 6.07) is 7.41. The van der Waals surface area contributed by atoms with Crippen molar-refractivity contribution in [3.63, 3.8) is 0 Å². The Morgan fingerprint density at radius 2 is 1.98 bits per heavy atom. The van der Waals surface area contributed by atoms with Gasteiger partial charge in [0.25, 0.3) is 5.91 Å². The molecular formula is C31H34ClN5O5. The molecule has 1 aromatic carbocycles. The van der Waals surface area contributed by atoms with Crippen molar-refractivity contribution in [2.75, 3.05) is 13.2 Å². The zero-order valence-corrected chi connectivity index (χ0v) is 24.8. The van der Waals surface area contributed by atoms with E-state index in [1.807, 2.05) is 23.1 Å². The first-order chi connectivity index (χ1) is 20.0. The predicted molar refractivity (Wildman–Crippen MR) is 156 cm³/mol. The number of ether oxygens (including phenoxy) is 2. The highest BCUT2D eigenvalue weighted by Gasteiger charge is 2.57. The van der Waals surface area contributed by atoms with Gasteiger partial charge in [0, 0.05) is 28.1 Å². The van der Waals surface area contributed by atoms with Gasteiger partial charge in [-0.15, -0.1) is 0 Å². The van der Waals surface area contributed by atoms with Gasteiger partial charge in [-0.1, -0.05) is 30.7 Å². The number of carbonyl (C=O) groups is 2. The van der Waals surface area contributed by atoms with Crippen LogP contribution in [0, 0.1) is 36.0 Å². The number of allylic oxidation sites excluding steroid dienone is 3. The van der Waals surface area contributed by atoms with Gasteiger partial charge >= 0.3 is 5.56 Å². The number of nitriles is 1. The molecule has 2 saturated heterocycles. The van der Waals surface area contributed by atoms with Crippen LogP contribution in [0.2, 0.25) is 0 Å². The lowest BCUT2D eigenvalue weighted by Crippen LogP contribution is -2.62. The molecule has 2 amide bonds. The second-order valence-corrected chi connectivity index (χ2v) is 12.2. The number of benzene rings is 1. The Bertz CT molecular complexity index is 1570. The van der Waals surface area contributed by atoms with E-state index in [0.29, 0.717) is 46.9 Å². The van der Waals surface area contributed by atoms with Crippen molar-refractivity contribution >= 4 is 23.4 Å². The number of nitrogens with zero attached hydrogens (tertiary/aromatic N) is 3. The molecule has 3 heterocycles. The van der Waals surface area contributed by atoms with Crippen molar-refractivity contribution in [1.82, 2.24) is 20.4 Å². The summed E-state index contributed by atoms with van der Waals surface area (Å²) in [5, 5.41) is 19.8. The van der Waals surface area contributed by atoms with E-state index < -0.39 is 28.3 Å². The molecule has 0 saturated carbocycles. The van der Waals surface area contributed by atoms with Gasteiger partial charge in [0.1, 0.15) is 17.2 Å². The smallest absolute Gasteiger partial charge is 0.307 e. The second kappa shape index (κ2) is 11.4. The number of hydrogen-bond donors (Lipinski definition) is 2. The number of aromatic nitrogens is 2. The fourth-order valence-electron chi connectivity index (χ4n) is 6.19. The van der Waals surface area contributed by atoms with Crippen LogP contribution in [0.3, 0.4) is 0 Å². The van der Waals surface area contributed by atoms with E-state index >= 15 is 0 Å². The Morgan fingerprint density at radius 1 is 1.24 bits per heavy atom. The minimum absolute atomic E-state index is 0.0991. The van der Waals surface area contributed by atoms with Gasteiger partial charge in [0.05, 0.1) is 31.0 Å². The third kappa shape index (κ3) is 5.46. The van der Waals surface area contributed by atoms with E-state index in [2.05, 4.69) is 28.5 Å². The largest absolute Gasteiger partial charge is 0.451 e. The first-order valence-corrected chi connectivity index (χ1v) is 14.4. The molecule has 0 spiro atoms. The number of hydrogen-bond acceptors (Lipinski definition) is 7. The van der Waals surface area contributed by atoms with E-state index in [0.717, 1.165) is 0 Å². The highest BCUT2D eigenvalue weighted by Crippen LogP contribution is 2.49. The Hall–Kier alpha value is -3.94. The number of aryl methyl sites for hydroxylation is 2. The quantitative estimate of drug-likeness (QED) is 0.490. The summed E-state index contributed by atoms with van der Waals surface area (Å²) < 4.78 is 11.2. The van der Waals surface area contributed by atoms with Crippen molar-refractivity contribution in [3.05, 3.63) is 74.7 Å². The zero-order chi connectivity index (χ0) is 30.2. The predicted octanol–water partition coefficient (Wildman–Crippen LogP) is 4.29. The van der Waals surface area contributed by atoms with Gasteiger partial charge in [-0.05, 0) is 69.9 Å². The first-order valence-electron chi connectivity index (χ1n) is 14.0. The molecule has 2 N–H and O–H groups in total. The standard InChI is InChI=1S/C31H34ClN5O5/c1-18-12-21(7-8-23(18)42-24-13-19(2)35-36-28(24)39)27(38)34-20(3)29(40)37-25(30(4)11-5-6-22(32)14-30)9-10-26(37)31(15-33)16-41-17-31/h5-8,12-14,20,25-26H,9-11,16-17H2,1-4H3,(H,34,38)(H,36,39)/t20-,25+,26-,30?/m1/s1. The summed E-state index contributed by atoms with van der Waals surface area (Å²) in [4.78, 5) is 41.3. The molecule has 2 aromatic rings. The molecule has 2 aliphatic heterocycles. The number of aromatic amines is 1. The lowest BCUT2D eigenvalue weighted by atomic mass is 9.75. The van der Waals surface area contributed by atoms with Crippen LogP contribution in [0.15, 0.2) is 52.3 Å². The molecule has 220 valence electrons. The van der Waals surface area contributed by atoms with Crippen LogP contribution in [-0.2, 0) is 9.53 Å². The molecule has 11 heteroatoms. The zero-order valence-electron chi connectivity index (χ0n) is 24.1.